The Balaban J connectivity index is 0.000000410. The first-order valence-electron chi connectivity index (χ1n) is 25.3. The smallest absolute Gasteiger partial charge is 0.0711 e. The van der Waals surface area contributed by atoms with Crippen LogP contribution < -0.4 is 5.32 Å². The molecule has 0 fully saturated rings. The summed E-state index contributed by atoms with van der Waals surface area (Å²) in [5.41, 5.74) is 17.6. The molecule has 3 nitrogen and oxygen atoms in total. The average Bonchev–Trinajstić information content (AvgIpc) is 3.41. The molecule has 0 bridgehead atoms. The van der Waals surface area contributed by atoms with Gasteiger partial charge in [0, 0.05) is 18.0 Å². The highest BCUT2D eigenvalue weighted by atomic mass is 14.9. The molecule has 0 heterocycles. The number of fused-ring (bicyclic) bond motifs is 1. The van der Waals surface area contributed by atoms with Crippen LogP contribution in [-0.2, 0) is 0 Å². The van der Waals surface area contributed by atoms with Gasteiger partial charge < -0.3 is 10.7 Å². The van der Waals surface area contributed by atoms with Crippen molar-refractivity contribution in [3.63, 3.8) is 0 Å². The molecule has 0 amide bonds. The molecule has 1 atom stereocenters. The number of hydrogen-bond acceptors (Lipinski definition) is 3. The zero-order valence-electron chi connectivity index (χ0n) is 44.2. The maximum atomic E-state index is 7.08. The van der Waals surface area contributed by atoms with Crippen molar-refractivity contribution in [2.24, 2.45) is 4.99 Å². The number of nitrogens with one attached hydrogen (secondary N) is 2. The first kappa shape index (κ1) is 57.7. The Morgan fingerprint density at radius 1 is 0.691 bits per heavy atom. The molecule has 2 aliphatic carbocycles. The van der Waals surface area contributed by atoms with E-state index in [1.807, 2.05) is 80.7 Å². The van der Waals surface area contributed by atoms with Crippen LogP contribution in [0.4, 0.5) is 5.69 Å². The predicted molar refractivity (Wildman–Crippen MR) is 308 cm³/mol. The van der Waals surface area contributed by atoms with E-state index in [9.17, 15) is 0 Å². The van der Waals surface area contributed by atoms with Gasteiger partial charge in [-0.1, -0.05) is 218 Å². The number of hydrogen-bond donors (Lipinski definition) is 2. The summed E-state index contributed by atoms with van der Waals surface area (Å²) in [6.45, 7) is 26.8. The third-order valence-corrected chi connectivity index (χ3v) is 11.4. The molecule has 5 aromatic carbocycles. The lowest BCUT2D eigenvalue weighted by molar-refractivity contribution is 0.678. The summed E-state index contributed by atoms with van der Waals surface area (Å²) >= 11 is 0. The molecule has 0 aliphatic heterocycles. The lowest BCUT2D eigenvalue weighted by Gasteiger charge is -2.19. The van der Waals surface area contributed by atoms with Gasteiger partial charge >= 0.3 is 0 Å². The Morgan fingerprint density at radius 3 is 1.96 bits per heavy atom. The molecule has 0 saturated carbocycles. The number of rotatable bonds is 11. The number of allylic oxidation sites excluding steroid dienone is 15. The van der Waals surface area contributed by atoms with Gasteiger partial charge in [-0.05, 0) is 152 Å². The second kappa shape index (κ2) is 33.1. The Kier molecular flexibility index (Phi) is 28.1. The van der Waals surface area contributed by atoms with Crippen LogP contribution in [0.15, 0.2) is 208 Å². The largest absolute Gasteiger partial charge is 0.310 e. The fourth-order valence-electron chi connectivity index (χ4n) is 8.24. The Labute approximate surface area is 413 Å². The van der Waals surface area contributed by atoms with Gasteiger partial charge in [-0.3, -0.25) is 4.99 Å². The van der Waals surface area contributed by atoms with Gasteiger partial charge in [0.15, 0.2) is 0 Å². The summed E-state index contributed by atoms with van der Waals surface area (Å²) in [6, 6.07) is 41.1. The fourth-order valence-corrected chi connectivity index (χ4v) is 8.24. The number of likely N-dealkylation sites (N-methyl/N-ethyl adjacent to an activating group) is 1. The van der Waals surface area contributed by atoms with Gasteiger partial charge in [-0.15, -0.1) is 0 Å². The van der Waals surface area contributed by atoms with Crippen molar-refractivity contribution in [3.05, 3.63) is 215 Å². The van der Waals surface area contributed by atoms with Gasteiger partial charge in [-0.25, -0.2) is 0 Å². The van der Waals surface area contributed by atoms with E-state index in [2.05, 4.69) is 192 Å². The molecule has 5 aromatic rings. The summed E-state index contributed by atoms with van der Waals surface area (Å²) in [4.78, 5) is 5.07. The lowest BCUT2D eigenvalue weighted by atomic mass is 9.87. The SMILES string of the molecule is C/C=C\C1=C(C)CCC=C1C=Nc1ccc2ccccc2c1/C(C)=C1\C=CCC\C1=C\C.CC.CC.CC.CC.CNC(/C(C)=C/C=C\C=N)c1ccc(-c2cccc(-c3ccccc3)c2)cc1. The van der Waals surface area contributed by atoms with E-state index in [0.717, 1.165) is 31.4 Å². The molecule has 0 saturated heterocycles. The molecular formula is C65H83N3. The van der Waals surface area contributed by atoms with Gasteiger partial charge in [0.2, 0.25) is 0 Å². The van der Waals surface area contributed by atoms with E-state index in [-0.39, 0.29) is 6.04 Å². The van der Waals surface area contributed by atoms with Gasteiger partial charge in [0.05, 0.1) is 11.7 Å². The van der Waals surface area contributed by atoms with Crippen molar-refractivity contribution in [1.29, 1.82) is 5.41 Å². The molecule has 0 radical (unpaired) electrons. The minimum absolute atomic E-state index is 0.153. The van der Waals surface area contributed by atoms with Crippen LogP contribution in [0.3, 0.4) is 0 Å². The molecule has 1 unspecified atom stereocenters. The molecular weight excluding hydrogens is 823 g/mol. The molecule has 0 aromatic heterocycles. The fraction of sp³-hybridized carbons (Fsp3) is 0.292. The summed E-state index contributed by atoms with van der Waals surface area (Å²) in [5, 5.41) is 13.0. The standard InChI is InChI=1S/C31H33N.C26H26N2.4C2H6/c1-5-12-27-22(3)13-11-16-26(27)21-32-30-20-19-25-15-8-10-18-29(25)31(30)23(4)28-17-9-7-14-24(28)6-2;1-20(9-6-7-18-27)26(28-2)23-16-14-22(15-17-23)25-13-8-12-24(19-25)21-10-4-3-5-11-21;4*1-2/h5-6,8-10,12,15-21H,7,11,13-14H2,1-4H3;3-19,26-28H,1-2H3;4*1-2H3/b12-5-,24-6-,28-23+,32-21?;7-6-,20-9+,27-18?;;;;. The Morgan fingerprint density at radius 2 is 1.32 bits per heavy atom. The normalized spacial score (nSPS) is 15.1. The van der Waals surface area contributed by atoms with E-state index in [1.165, 1.54) is 89.4 Å². The Hall–Kier alpha value is -6.42. The van der Waals surface area contributed by atoms with E-state index in [0.29, 0.717) is 0 Å². The van der Waals surface area contributed by atoms with Crippen LogP contribution in [0.1, 0.15) is 133 Å². The monoisotopic (exact) mass is 906 g/mol. The van der Waals surface area contributed by atoms with E-state index < -0.39 is 0 Å². The highest BCUT2D eigenvalue weighted by Gasteiger charge is 2.17. The highest BCUT2D eigenvalue weighted by molar-refractivity contribution is 6.01. The molecule has 2 N–H and O–H groups in total. The van der Waals surface area contributed by atoms with Crippen molar-refractivity contribution in [2.75, 3.05) is 7.05 Å². The Bertz CT molecular complexity index is 2570. The van der Waals surface area contributed by atoms with Crippen LogP contribution in [0.5, 0.6) is 0 Å². The zero-order valence-corrected chi connectivity index (χ0v) is 44.2. The van der Waals surface area contributed by atoms with Crippen LogP contribution in [0.2, 0.25) is 0 Å². The second-order valence-corrected chi connectivity index (χ2v) is 15.4. The highest BCUT2D eigenvalue weighted by Crippen LogP contribution is 2.39. The lowest BCUT2D eigenvalue weighted by Crippen LogP contribution is -2.17. The number of aliphatic imine (C=N–C) groups is 1. The van der Waals surface area contributed by atoms with Crippen molar-refractivity contribution in [1.82, 2.24) is 5.32 Å². The minimum atomic E-state index is 0.153. The maximum Gasteiger partial charge on any atom is 0.0711 e. The third-order valence-electron chi connectivity index (χ3n) is 11.4. The summed E-state index contributed by atoms with van der Waals surface area (Å²) in [5.74, 6) is 0. The number of nitrogens with zero attached hydrogens (tertiary/aromatic N) is 1. The molecule has 0 spiro atoms. The van der Waals surface area contributed by atoms with E-state index in [4.69, 9.17) is 10.4 Å². The second-order valence-electron chi connectivity index (χ2n) is 15.4. The van der Waals surface area contributed by atoms with E-state index >= 15 is 0 Å². The molecule has 2 aliphatic rings. The van der Waals surface area contributed by atoms with Crippen LogP contribution in [0, 0.1) is 5.41 Å². The van der Waals surface area contributed by atoms with Crippen molar-refractivity contribution in [2.45, 2.75) is 122 Å². The van der Waals surface area contributed by atoms with Gasteiger partial charge in [-0.2, -0.15) is 0 Å². The maximum absolute atomic E-state index is 7.08. The van der Waals surface area contributed by atoms with Gasteiger partial charge in [0.25, 0.3) is 0 Å². The predicted octanol–water partition coefficient (Wildman–Crippen LogP) is 19.8. The first-order chi connectivity index (χ1) is 33.4. The van der Waals surface area contributed by atoms with Crippen LogP contribution in [-0.4, -0.2) is 19.5 Å². The molecule has 3 heteroatoms. The van der Waals surface area contributed by atoms with Crippen LogP contribution >= 0.6 is 0 Å². The number of benzene rings is 5. The summed E-state index contributed by atoms with van der Waals surface area (Å²) in [7, 11) is 1.97. The van der Waals surface area contributed by atoms with E-state index in [1.54, 1.807) is 6.08 Å². The van der Waals surface area contributed by atoms with Crippen LogP contribution in [0.25, 0.3) is 38.6 Å². The summed E-state index contributed by atoms with van der Waals surface area (Å²) < 4.78 is 0. The molecule has 68 heavy (non-hydrogen) atoms. The van der Waals surface area contributed by atoms with Gasteiger partial charge in [0.1, 0.15) is 0 Å². The topological polar surface area (TPSA) is 48.2 Å². The molecule has 7 rings (SSSR count). The third kappa shape index (κ3) is 16.4. The quantitative estimate of drug-likeness (QED) is 0.101. The minimum Gasteiger partial charge on any atom is -0.310 e. The van der Waals surface area contributed by atoms with Crippen molar-refractivity contribution in [3.8, 4) is 22.3 Å². The summed E-state index contributed by atoms with van der Waals surface area (Å²) in [6.07, 6.45) is 27.0. The zero-order chi connectivity index (χ0) is 50.3. The van der Waals surface area contributed by atoms with Crippen molar-refractivity contribution < 1.29 is 0 Å². The molecule has 358 valence electrons. The van der Waals surface area contributed by atoms with Crippen molar-refractivity contribution >= 4 is 34.5 Å². The average molecular weight is 906 g/mol. The first-order valence-corrected chi connectivity index (χ1v) is 25.3.